The zero-order valence-corrected chi connectivity index (χ0v) is 14.4. The summed E-state index contributed by atoms with van der Waals surface area (Å²) in [5, 5.41) is 11.1. The highest BCUT2D eigenvalue weighted by atomic mass is 32.2. The van der Waals surface area contributed by atoms with Gasteiger partial charge in [0.15, 0.2) is 15.9 Å². The molecule has 0 bridgehead atoms. The van der Waals surface area contributed by atoms with E-state index in [4.69, 9.17) is 0 Å². The van der Waals surface area contributed by atoms with Gasteiger partial charge in [0.2, 0.25) is 0 Å². The van der Waals surface area contributed by atoms with Crippen LogP contribution < -0.4 is 0 Å². The van der Waals surface area contributed by atoms with E-state index in [0.717, 1.165) is 23.2 Å². The van der Waals surface area contributed by atoms with Crippen LogP contribution in [-0.2, 0) is 21.1 Å². The summed E-state index contributed by atoms with van der Waals surface area (Å²) in [6.07, 6.45) is 1.64. The van der Waals surface area contributed by atoms with Gasteiger partial charge in [0, 0.05) is 18.2 Å². The van der Waals surface area contributed by atoms with Crippen LogP contribution in [0.2, 0.25) is 0 Å². The van der Waals surface area contributed by atoms with Crippen molar-refractivity contribution in [1.82, 2.24) is 4.90 Å². The van der Waals surface area contributed by atoms with Gasteiger partial charge in [-0.3, -0.25) is 4.79 Å². The molecule has 0 saturated heterocycles. The number of nitrogens with zero attached hydrogens (tertiary/aromatic N) is 1. The SMILES string of the molecule is CS(=O)(=O)c1cc(C(=O)N2CCc3ccccc3C2C(=O)O)cs1. The van der Waals surface area contributed by atoms with E-state index in [9.17, 15) is 23.1 Å². The van der Waals surface area contributed by atoms with Crippen molar-refractivity contribution in [3.05, 3.63) is 52.4 Å². The van der Waals surface area contributed by atoms with Gasteiger partial charge in [0.1, 0.15) is 4.21 Å². The van der Waals surface area contributed by atoms with E-state index in [2.05, 4.69) is 0 Å². The molecule has 1 aliphatic heterocycles. The van der Waals surface area contributed by atoms with Crippen molar-refractivity contribution in [2.24, 2.45) is 0 Å². The number of aliphatic carboxylic acids is 1. The Morgan fingerprint density at radius 2 is 2.00 bits per heavy atom. The Morgan fingerprint density at radius 1 is 1.29 bits per heavy atom. The van der Waals surface area contributed by atoms with E-state index >= 15 is 0 Å². The minimum atomic E-state index is -3.39. The number of rotatable bonds is 3. The predicted octanol–water partition coefficient (Wildman–Crippen LogP) is 1.98. The average Bonchev–Trinajstić information content (AvgIpc) is 3.03. The van der Waals surface area contributed by atoms with Crippen LogP contribution in [0.3, 0.4) is 0 Å². The summed E-state index contributed by atoms with van der Waals surface area (Å²) < 4.78 is 23.2. The number of benzene rings is 1. The standard InChI is InChI=1S/C16H15NO5S2/c1-24(21,22)13-8-11(9-23-13)15(18)17-7-6-10-4-2-3-5-12(10)14(17)16(19)20/h2-5,8-9,14H,6-7H2,1H3,(H,19,20). The highest BCUT2D eigenvalue weighted by Crippen LogP contribution is 2.32. The number of carboxylic acid groups (broad SMARTS) is 1. The molecule has 8 heteroatoms. The molecule has 1 aliphatic rings. The zero-order valence-electron chi connectivity index (χ0n) is 12.8. The summed E-state index contributed by atoms with van der Waals surface area (Å²) >= 11 is 0.961. The number of carboxylic acids is 1. The number of sulfone groups is 1. The second-order valence-corrected chi connectivity index (χ2v) is 8.77. The number of thiophene rings is 1. The lowest BCUT2D eigenvalue weighted by atomic mass is 9.92. The number of carbonyl (C=O) groups is 2. The second-order valence-electron chi connectivity index (χ2n) is 5.61. The molecule has 1 aromatic heterocycles. The van der Waals surface area contributed by atoms with Gasteiger partial charge >= 0.3 is 5.97 Å². The maximum Gasteiger partial charge on any atom is 0.331 e. The normalized spacial score (nSPS) is 17.4. The summed E-state index contributed by atoms with van der Waals surface area (Å²) in [6, 6.07) is 7.40. The van der Waals surface area contributed by atoms with Gasteiger partial charge in [-0.25, -0.2) is 13.2 Å². The molecule has 0 saturated carbocycles. The summed E-state index contributed by atoms with van der Waals surface area (Å²) in [5.74, 6) is -1.57. The van der Waals surface area contributed by atoms with Crippen molar-refractivity contribution < 1.29 is 23.1 Å². The van der Waals surface area contributed by atoms with E-state index in [0.29, 0.717) is 12.0 Å². The number of amides is 1. The third kappa shape index (κ3) is 2.94. The predicted molar refractivity (Wildman–Crippen MR) is 89.0 cm³/mol. The fourth-order valence-electron chi connectivity index (χ4n) is 2.84. The molecule has 1 amide bonds. The summed E-state index contributed by atoms with van der Waals surface area (Å²) in [5.41, 5.74) is 1.71. The largest absolute Gasteiger partial charge is 0.479 e. The molecule has 0 aliphatic carbocycles. The first-order valence-electron chi connectivity index (χ1n) is 7.19. The lowest BCUT2D eigenvalue weighted by Crippen LogP contribution is -2.43. The Labute approximate surface area is 143 Å². The fraction of sp³-hybridized carbons (Fsp3) is 0.250. The van der Waals surface area contributed by atoms with Crippen LogP contribution in [0.15, 0.2) is 39.9 Å². The Morgan fingerprint density at radius 3 is 2.62 bits per heavy atom. The number of carbonyl (C=O) groups excluding carboxylic acids is 1. The van der Waals surface area contributed by atoms with Gasteiger partial charge in [0.05, 0.1) is 5.56 Å². The Balaban J connectivity index is 1.98. The minimum Gasteiger partial charge on any atom is -0.479 e. The summed E-state index contributed by atoms with van der Waals surface area (Å²) in [6.45, 7) is 0.275. The van der Waals surface area contributed by atoms with Gasteiger partial charge in [-0.1, -0.05) is 24.3 Å². The first-order valence-corrected chi connectivity index (χ1v) is 9.96. The van der Waals surface area contributed by atoms with Crippen LogP contribution in [0.4, 0.5) is 0 Å². The van der Waals surface area contributed by atoms with Crippen molar-refractivity contribution in [2.75, 3.05) is 12.8 Å². The molecule has 2 heterocycles. The highest BCUT2D eigenvalue weighted by molar-refractivity contribution is 7.92. The highest BCUT2D eigenvalue weighted by Gasteiger charge is 2.36. The minimum absolute atomic E-state index is 0.0927. The maximum absolute atomic E-state index is 12.7. The van der Waals surface area contributed by atoms with Crippen LogP contribution in [0.1, 0.15) is 27.5 Å². The van der Waals surface area contributed by atoms with E-state index < -0.39 is 27.8 Å². The van der Waals surface area contributed by atoms with E-state index in [1.54, 1.807) is 12.1 Å². The number of fused-ring (bicyclic) bond motifs is 1. The lowest BCUT2D eigenvalue weighted by molar-refractivity contribution is -0.143. The molecule has 24 heavy (non-hydrogen) atoms. The van der Waals surface area contributed by atoms with Crippen molar-refractivity contribution in [3.8, 4) is 0 Å². The van der Waals surface area contributed by atoms with E-state index in [-0.39, 0.29) is 16.3 Å². The van der Waals surface area contributed by atoms with Crippen LogP contribution in [0.5, 0.6) is 0 Å². The summed E-state index contributed by atoms with van der Waals surface area (Å²) in [7, 11) is -3.39. The van der Waals surface area contributed by atoms with Crippen molar-refractivity contribution in [3.63, 3.8) is 0 Å². The molecule has 0 radical (unpaired) electrons. The first-order chi connectivity index (χ1) is 11.3. The van der Waals surface area contributed by atoms with Gasteiger partial charge in [0.25, 0.3) is 5.91 Å². The molecule has 2 aromatic rings. The number of hydrogen-bond donors (Lipinski definition) is 1. The molecule has 1 N–H and O–H groups in total. The molecular formula is C16H15NO5S2. The van der Waals surface area contributed by atoms with Gasteiger partial charge < -0.3 is 10.0 Å². The van der Waals surface area contributed by atoms with Crippen molar-refractivity contribution in [1.29, 1.82) is 0 Å². The van der Waals surface area contributed by atoms with E-state index in [1.807, 2.05) is 12.1 Å². The third-order valence-electron chi connectivity index (χ3n) is 3.97. The molecule has 3 rings (SSSR count). The Bertz CT molecular complexity index is 916. The Hall–Kier alpha value is -2.19. The topological polar surface area (TPSA) is 91.8 Å². The smallest absolute Gasteiger partial charge is 0.331 e. The lowest BCUT2D eigenvalue weighted by Gasteiger charge is -2.34. The molecule has 0 spiro atoms. The molecule has 1 aromatic carbocycles. The van der Waals surface area contributed by atoms with Crippen molar-refractivity contribution >= 4 is 33.1 Å². The first kappa shape index (κ1) is 16.7. The van der Waals surface area contributed by atoms with Gasteiger partial charge in [-0.05, 0) is 23.6 Å². The van der Waals surface area contributed by atoms with Crippen LogP contribution in [-0.4, -0.2) is 43.1 Å². The van der Waals surface area contributed by atoms with Gasteiger partial charge in [-0.2, -0.15) is 0 Å². The third-order valence-corrected chi connectivity index (χ3v) is 6.73. The average molecular weight is 365 g/mol. The van der Waals surface area contributed by atoms with E-state index in [1.165, 1.54) is 16.3 Å². The molecule has 0 fully saturated rings. The molecule has 6 nitrogen and oxygen atoms in total. The zero-order chi connectivity index (χ0) is 17.5. The van der Waals surface area contributed by atoms with Crippen LogP contribution in [0, 0.1) is 0 Å². The molecule has 1 atom stereocenters. The van der Waals surface area contributed by atoms with Gasteiger partial charge in [-0.15, -0.1) is 11.3 Å². The molecule has 1 unspecified atom stereocenters. The van der Waals surface area contributed by atoms with Crippen molar-refractivity contribution in [2.45, 2.75) is 16.7 Å². The second kappa shape index (κ2) is 6.03. The monoisotopic (exact) mass is 365 g/mol. The Kier molecular flexibility index (Phi) is 4.18. The molecular weight excluding hydrogens is 350 g/mol. The molecule has 126 valence electrons. The summed E-state index contributed by atoms with van der Waals surface area (Å²) in [4.78, 5) is 25.8. The maximum atomic E-state index is 12.7. The number of hydrogen-bond acceptors (Lipinski definition) is 5. The quantitative estimate of drug-likeness (QED) is 0.898. The fourth-order valence-corrected chi connectivity index (χ4v) is 4.63. The van der Waals surface area contributed by atoms with Crippen LogP contribution in [0.25, 0.3) is 0 Å². The van der Waals surface area contributed by atoms with Crippen LogP contribution >= 0.6 is 11.3 Å².